The van der Waals surface area contributed by atoms with Crippen LogP contribution in [0.1, 0.15) is 6.42 Å². The molecule has 0 atom stereocenters. The van der Waals surface area contributed by atoms with Crippen molar-refractivity contribution < 1.29 is 18.9 Å². The fourth-order valence-electron chi connectivity index (χ4n) is 0.595. The Balaban J connectivity index is 2.53. The van der Waals surface area contributed by atoms with Crippen molar-refractivity contribution in [2.45, 2.75) is 13.2 Å². The Morgan fingerprint density at radius 3 is 2.11 bits per heavy atom. The monoisotopic (exact) mass is 128 g/mol. The lowest BCUT2D eigenvalue weighted by molar-refractivity contribution is -0.151. The van der Waals surface area contributed by atoms with E-state index in [1.54, 1.807) is 0 Å². The SMILES string of the molecule is CB1OC(=O)CC(=O)O1. The molecule has 0 amide bonds. The highest BCUT2D eigenvalue weighted by molar-refractivity contribution is 6.49. The molecule has 5 heteroatoms. The van der Waals surface area contributed by atoms with Gasteiger partial charge in [0.05, 0.1) is 0 Å². The molecule has 0 radical (unpaired) electrons. The van der Waals surface area contributed by atoms with Crippen LogP contribution in [0.15, 0.2) is 0 Å². The predicted molar refractivity (Wildman–Crippen MR) is 28.4 cm³/mol. The normalized spacial score (nSPS) is 19.0. The van der Waals surface area contributed by atoms with Crippen molar-refractivity contribution in [2.24, 2.45) is 0 Å². The molecule has 1 heterocycles. The molecule has 4 nitrogen and oxygen atoms in total. The first-order valence-electron chi connectivity index (χ1n) is 2.57. The second-order valence-electron chi connectivity index (χ2n) is 1.72. The fraction of sp³-hybridized carbons (Fsp3) is 0.500. The summed E-state index contributed by atoms with van der Waals surface area (Å²) in [6.45, 7) is 1.50. The molecule has 0 aromatic carbocycles. The number of hydrogen-bond acceptors (Lipinski definition) is 4. The number of carbonyl (C=O) groups excluding carboxylic acids is 2. The van der Waals surface area contributed by atoms with Gasteiger partial charge in [0.15, 0.2) is 0 Å². The Kier molecular flexibility index (Phi) is 1.42. The molecule has 0 unspecified atom stereocenters. The van der Waals surface area contributed by atoms with Crippen molar-refractivity contribution in [3.63, 3.8) is 0 Å². The molecular formula is C4H5BO4. The molecular weight excluding hydrogens is 123 g/mol. The molecule has 0 aromatic rings. The molecule has 1 rings (SSSR count). The molecule has 1 aliphatic rings. The average molecular weight is 128 g/mol. The van der Waals surface area contributed by atoms with Crippen LogP contribution in [0.5, 0.6) is 0 Å². The van der Waals surface area contributed by atoms with E-state index in [0.29, 0.717) is 0 Å². The largest absolute Gasteiger partial charge is 0.595 e. The number of carbonyl (C=O) groups is 2. The van der Waals surface area contributed by atoms with Crippen LogP contribution < -0.4 is 0 Å². The lowest BCUT2D eigenvalue weighted by Gasteiger charge is -2.14. The smallest absolute Gasteiger partial charge is 0.499 e. The highest BCUT2D eigenvalue weighted by Gasteiger charge is 2.29. The van der Waals surface area contributed by atoms with E-state index >= 15 is 0 Å². The first-order chi connectivity index (χ1) is 4.18. The maximum atomic E-state index is 10.4. The second kappa shape index (κ2) is 2.09. The van der Waals surface area contributed by atoms with Crippen molar-refractivity contribution in [3.05, 3.63) is 0 Å². The zero-order valence-corrected chi connectivity index (χ0v) is 4.92. The van der Waals surface area contributed by atoms with E-state index in [4.69, 9.17) is 0 Å². The van der Waals surface area contributed by atoms with E-state index in [9.17, 15) is 9.59 Å². The van der Waals surface area contributed by atoms with Crippen LogP contribution in [0.25, 0.3) is 0 Å². The van der Waals surface area contributed by atoms with Gasteiger partial charge in [-0.15, -0.1) is 0 Å². The summed E-state index contributed by atoms with van der Waals surface area (Å²) < 4.78 is 8.95. The van der Waals surface area contributed by atoms with Gasteiger partial charge in [0.25, 0.3) is 0 Å². The minimum absolute atomic E-state index is 0.260. The zero-order chi connectivity index (χ0) is 6.85. The van der Waals surface area contributed by atoms with Gasteiger partial charge in [-0.3, -0.25) is 9.59 Å². The third-order valence-electron chi connectivity index (χ3n) is 0.883. The molecule has 48 valence electrons. The molecule has 1 saturated heterocycles. The quantitative estimate of drug-likeness (QED) is 0.328. The maximum Gasteiger partial charge on any atom is 0.595 e. The minimum atomic E-state index is -0.709. The lowest BCUT2D eigenvalue weighted by Crippen LogP contribution is -2.33. The lowest BCUT2D eigenvalue weighted by atomic mass is 9.94. The second-order valence-corrected chi connectivity index (χ2v) is 1.72. The van der Waals surface area contributed by atoms with Crippen molar-refractivity contribution in [3.8, 4) is 0 Å². The average Bonchev–Trinajstić information content (AvgIpc) is 1.59. The van der Waals surface area contributed by atoms with Gasteiger partial charge < -0.3 is 9.31 Å². The Morgan fingerprint density at radius 2 is 1.78 bits per heavy atom. The Morgan fingerprint density at radius 1 is 1.33 bits per heavy atom. The van der Waals surface area contributed by atoms with Crippen molar-refractivity contribution in [1.82, 2.24) is 0 Å². The first-order valence-corrected chi connectivity index (χ1v) is 2.57. The fourth-order valence-corrected chi connectivity index (χ4v) is 0.595. The Hall–Kier alpha value is -0.995. The Bertz CT molecular complexity index is 139. The van der Waals surface area contributed by atoms with Gasteiger partial charge in [-0.1, -0.05) is 0 Å². The zero-order valence-electron chi connectivity index (χ0n) is 4.92. The van der Waals surface area contributed by atoms with Gasteiger partial charge in [0.1, 0.15) is 6.42 Å². The van der Waals surface area contributed by atoms with Crippen molar-refractivity contribution >= 4 is 19.1 Å². The molecule has 0 N–H and O–H groups in total. The third-order valence-corrected chi connectivity index (χ3v) is 0.883. The van der Waals surface area contributed by atoms with E-state index in [1.807, 2.05) is 0 Å². The highest BCUT2D eigenvalue weighted by atomic mass is 16.6. The molecule has 1 fully saturated rings. The molecule has 0 saturated carbocycles. The maximum absolute atomic E-state index is 10.4. The van der Waals surface area contributed by atoms with Gasteiger partial charge in [-0.2, -0.15) is 0 Å². The van der Waals surface area contributed by atoms with Gasteiger partial charge in [0.2, 0.25) is 0 Å². The summed E-state index contributed by atoms with van der Waals surface area (Å²) >= 11 is 0. The summed E-state index contributed by atoms with van der Waals surface area (Å²) in [5.74, 6) is -1.03. The van der Waals surface area contributed by atoms with Crippen molar-refractivity contribution in [1.29, 1.82) is 0 Å². The predicted octanol–water partition coefficient (Wildman–Crippen LogP) is -0.405. The highest BCUT2D eigenvalue weighted by Crippen LogP contribution is 2.02. The molecule has 0 aromatic heterocycles. The first kappa shape index (κ1) is 6.13. The summed E-state index contributed by atoms with van der Waals surface area (Å²) in [5.41, 5.74) is 0. The van der Waals surface area contributed by atoms with Crippen LogP contribution in [0.4, 0.5) is 0 Å². The van der Waals surface area contributed by atoms with Gasteiger partial charge >= 0.3 is 19.1 Å². The van der Waals surface area contributed by atoms with Crippen LogP contribution >= 0.6 is 0 Å². The van der Waals surface area contributed by atoms with Gasteiger partial charge in [-0.05, 0) is 6.82 Å². The van der Waals surface area contributed by atoms with Crippen LogP contribution in [0.2, 0.25) is 6.82 Å². The van der Waals surface area contributed by atoms with E-state index < -0.39 is 19.1 Å². The summed E-state index contributed by atoms with van der Waals surface area (Å²) in [7, 11) is -0.709. The van der Waals surface area contributed by atoms with Crippen LogP contribution in [0, 0.1) is 0 Å². The number of hydrogen-bond donors (Lipinski definition) is 0. The standard InChI is InChI=1S/C4H5BO4/c1-5-8-3(6)2-4(7)9-5/h2H2,1H3. The molecule has 1 aliphatic heterocycles. The van der Waals surface area contributed by atoms with E-state index in [-0.39, 0.29) is 6.42 Å². The van der Waals surface area contributed by atoms with Crippen molar-refractivity contribution in [2.75, 3.05) is 0 Å². The van der Waals surface area contributed by atoms with Gasteiger partial charge in [0, 0.05) is 0 Å². The van der Waals surface area contributed by atoms with Crippen LogP contribution in [0.3, 0.4) is 0 Å². The van der Waals surface area contributed by atoms with Crippen LogP contribution in [-0.2, 0) is 18.9 Å². The van der Waals surface area contributed by atoms with Gasteiger partial charge in [-0.25, -0.2) is 0 Å². The molecule has 0 aliphatic carbocycles. The van der Waals surface area contributed by atoms with E-state index in [2.05, 4.69) is 9.31 Å². The van der Waals surface area contributed by atoms with E-state index in [0.717, 1.165) is 0 Å². The third kappa shape index (κ3) is 1.45. The minimum Gasteiger partial charge on any atom is -0.499 e. The molecule has 0 spiro atoms. The topological polar surface area (TPSA) is 52.6 Å². The summed E-state index contributed by atoms with van der Waals surface area (Å²) in [4.78, 5) is 20.7. The summed E-state index contributed by atoms with van der Waals surface area (Å²) in [5, 5.41) is 0. The molecule has 0 bridgehead atoms. The van der Waals surface area contributed by atoms with E-state index in [1.165, 1.54) is 6.82 Å². The number of rotatable bonds is 0. The summed E-state index contributed by atoms with van der Waals surface area (Å²) in [6.07, 6.45) is -0.260. The Labute approximate surface area is 52.3 Å². The van der Waals surface area contributed by atoms with Crippen LogP contribution in [-0.4, -0.2) is 19.1 Å². The molecule has 9 heavy (non-hydrogen) atoms. The summed E-state index contributed by atoms with van der Waals surface area (Å²) in [6, 6.07) is 0.